The average molecular weight is 406 g/mol. The summed E-state index contributed by atoms with van der Waals surface area (Å²) in [4.78, 5) is 18.7. The molecule has 1 aliphatic rings. The molecular formula is C23H26N4O3. The normalized spacial score (nSPS) is 13.5. The quantitative estimate of drug-likeness (QED) is 0.673. The monoisotopic (exact) mass is 406 g/mol. The van der Waals surface area contributed by atoms with Gasteiger partial charge in [-0.3, -0.25) is 0 Å². The van der Waals surface area contributed by atoms with Crippen LogP contribution in [0.5, 0.6) is 11.5 Å². The fraction of sp³-hybridized carbons (Fsp3) is 0.304. The number of ether oxygens (including phenoxy) is 2. The summed E-state index contributed by atoms with van der Waals surface area (Å²) in [5.41, 5.74) is 3.08. The highest BCUT2D eigenvalue weighted by molar-refractivity contribution is 5.74. The molecule has 0 spiro atoms. The van der Waals surface area contributed by atoms with Crippen molar-refractivity contribution in [2.24, 2.45) is 0 Å². The molecule has 1 unspecified atom stereocenters. The van der Waals surface area contributed by atoms with Gasteiger partial charge in [0.05, 0.1) is 12.4 Å². The van der Waals surface area contributed by atoms with Gasteiger partial charge in [0.25, 0.3) is 0 Å². The molecule has 0 bridgehead atoms. The van der Waals surface area contributed by atoms with Crippen molar-refractivity contribution in [1.29, 1.82) is 0 Å². The van der Waals surface area contributed by atoms with E-state index in [4.69, 9.17) is 9.47 Å². The van der Waals surface area contributed by atoms with Gasteiger partial charge in [0.1, 0.15) is 13.2 Å². The first-order chi connectivity index (χ1) is 14.6. The lowest BCUT2D eigenvalue weighted by Crippen LogP contribution is -2.40. The van der Waals surface area contributed by atoms with Gasteiger partial charge in [0.15, 0.2) is 11.5 Å². The van der Waals surface area contributed by atoms with Crippen LogP contribution in [0.15, 0.2) is 61.2 Å². The molecule has 156 valence electrons. The van der Waals surface area contributed by atoms with E-state index in [0.717, 1.165) is 28.3 Å². The summed E-state index contributed by atoms with van der Waals surface area (Å²) in [6.45, 7) is 6.19. The molecule has 0 saturated heterocycles. The van der Waals surface area contributed by atoms with Crippen LogP contribution in [-0.2, 0) is 6.54 Å². The molecule has 2 amide bonds. The van der Waals surface area contributed by atoms with Crippen molar-refractivity contribution in [1.82, 2.24) is 19.8 Å². The van der Waals surface area contributed by atoms with E-state index in [0.29, 0.717) is 26.3 Å². The van der Waals surface area contributed by atoms with Crippen molar-refractivity contribution in [2.45, 2.75) is 26.4 Å². The van der Waals surface area contributed by atoms with Crippen LogP contribution in [0.25, 0.3) is 5.69 Å². The van der Waals surface area contributed by atoms with Crippen LogP contribution in [0.4, 0.5) is 4.79 Å². The van der Waals surface area contributed by atoms with E-state index >= 15 is 0 Å². The largest absolute Gasteiger partial charge is 0.486 e. The minimum atomic E-state index is -0.108. The number of imidazole rings is 1. The number of nitrogens with zero attached hydrogens (tertiary/aromatic N) is 3. The Morgan fingerprint density at radius 2 is 1.93 bits per heavy atom. The summed E-state index contributed by atoms with van der Waals surface area (Å²) in [5, 5.41) is 3.10. The standard InChI is InChI=1S/C23H26N4O3/c1-3-26(15-18-4-9-21-22(14-18)30-13-12-29-21)23(28)25-17(2)19-5-7-20(8-6-19)27-11-10-24-16-27/h4-11,14,16-17H,3,12-13,15H2,1-2H3,(H,25,28). The molecule has 2 aromatic carbocycles. The number of carbonyl (C=O) groups excluding carboxylic acids is 1. The molecule has 1 N–H and O–H groups in total. The van der Waals surface area contributed by atoms with Gasteiger partial charge in [-0.25, -0.2) is 9.78 Å². The maximum Gasteiger partial charge on any atom is 0.318 e. The lowest BCUT2D eigenvalue weighted by molar-refractivity contribution is 0.171. The first-order valence-corrected chi connectivity index (χ1v) is 10.2. The molecule has 4 rings (SSSR count). The Kier molecular flexibility index (Phi) is 5.88. The zero-order chi connectivity index (χ0) is 20.9. The predicted octanol–water partition coefficient (Wildman–Crippen LogP) is 3.94. The Bertz CT molecular complexity index is 986. The van der Waals surface area contributed by atoms with Gasteiger partial charge in [-0.05, 0) is 49.2 Å². The van der Waals surface area contributed by atoms with Crippen LogP contribution >= 0.6 is 0 Å². The number of nitrogens with one attached hydrogen (secondary N) is 1. The molecular weight excluding hydrogens is 380 g/mol. The molecule has 0 aliphatic carbocycles. The molecule has 1 aliphatic heterocycles. The van der Waals surface area contributed by atoms with Crippen molar-refractivity contribution in [2.75, 3.05) is 19.8 Å². The van der Waals surface area contributed by atoms with E-state index in [2.05, 4.69) is 10.3 Å². The predicted molar refractivity (Wildman–Crippen MR) is 114 cm³/mol. The highest BCUT2D eigenvalue weighted by Crippen LogP contribution is 2.31. The number of urea groups is 1. The van der Waals surface area contributed by atoms with Crippen molar-refractivity contribution in [3.8, 4) is 17.2 Å². The minimum absolute atomic E-state index is 0.0985. The van der Waals surface area contributed by atoms with Crippen LogP contribution in [0.2, 0.25) is 0 Å². The summed E-state index contributed by atoms with van der Waals surface area (Å²) in [6, 6.07) is 13.7. The van der Waals surface area contributed by atoms with E-state index in [1.54, 1.807) is 17.4 Å². The van der Waals surface area contributed by atoms with Crippen LogP contribution in [-0.4, -0.2) is 40.2 Å². The Morgan fingerprint density at radius 1 is 1.17 bits per heavy atom. The van der Waals surface area contributed by atoms with E-state index in [9.17, 15) is 4.79 Å². The van der Waals surface area contributed by atoms with Gasteiger partial charge in [-0.2, -0.15) is 0 Å². The number of carbonyl (C=O) groups is 1. The van der Waals surface area contributed by atoms with Crippen molar-refractivity contribution >= 4 is 6.03 Å². The maximum absolute atomic E-state index is 12.9. The number of benzene rings is 2. The highest BCUT2D eigenvalue weighted by Gasteiger charge is 2.18. The van der Waals surface area contributed by atoms with Gasteiger partial charge in [-0.1, -0.05) is 18.2 Å². The van der Waals surface area contributed by atoms with Crippen LogP contribution in [0, 0.1) is 0 Å². The Morgan fingerprint density at radius 3 is 2.63 bits per heavy atom. The van der Waals surface area contributed by atoms with E-state index in [-0.39, 0.29) is 12.1 Å². The molecule has 7 nitrogen and oxygen atoms in total. The second-order valence-corrected chi connectivity index (χ2v) is 7.22. The fourth-order valence-corrected chi connectivity index (χ4v) is 3.44. The third-order valence-electron chi connectivity index (χ3n) is 5.18. The van der Waals surface area contributed by atoms with Gasteiger partial charge < -0.3 is 24.3 Å². The lowest BCUT2D eigenvalue weighted by Gasteiger charge is -2.25. The molecule has 2 heterocycles. The fourth-order valence-electron chi connectivity index (χ4n) is 3.44. The summed E-state index contributed by atoms with van der Waals surface area (Å²) in [7, 11) is 0. The number of hydrogen-bond acceptors (Lipinski definition) is 4. The molecule has 7 heteroatoms. The Labute approximate surface area is 176 Å². The van der Waals surface area contributed by atoms with Gasteiger partial charge >= 0.3 is 6.03 Å². The van der Waals surface area contributed by atoms with Gasteiger partial charge in [-0.15, -0.1) is 0 Å². The first kappa shape index (κ1) is 19.8. The summed E-state index contributed by atoms with van der Waals surface area (Å²) in [6.07, 6.45) is 5.41. The van der Waals surface area contributed by atoms with Crippen molar-refractivity contribution < 1.29 is 14.3 Å². The number of fused-ring (bicyclic) bond motifs is 1. The molecule has 1 aromatic heterocycles. The average Bonchev–Trinajstić information content (AvgIpc) is 3.32. The third kappa shape index (κ3) is 4.40. The molecule has 3 aromatic rings. The molecule has 30 heavy (non-hydrogen) atoms. The van der Waals surface area contributed by atoms with Crippen molar-refractivity contribution in [3.63, 3.8) is 0 Å². The number of hydrogen-bond donors (Lipinski definition) is 1. The summed E-state index contributed by atoms with van der Waals surface area (Å²) >= 11 is 0. The SMILES string of the molecule is CCN(Cc1ccc2c(c1)OCCO2)C(=O)NC(C)c1ccc(-n2ccnc2)cc1. The Hall–Kier alpha value is -3.48. The molecule has 0 radical (unpaired) electrons. The molecule has 1 atom stereocenters. The number of rotatable bonds is 6. The number of aromatic nitrogens is 2. The number of amides is 2. The van der Waals surface area contributed by atoms with Crippen LogP contribution < -0.4 is 14.8 Å². The summed E-state index contributed by atoms with van der Waals surface area (Å²) < 4.78 is 13.2. The second kappa shape index (κ2) is 8.90. The van der Waals surface area contributed by atoms with Crippen LogP contribution in [0.3, 0.4) is 0 Å². The third-order valence-corrected chi connectivity index (χ3v) is 5.18. The topological polar surface area (TPSA) is 68.6 Å². The molecule has 0 saturated carbocycles. The van der Waals surface area contributed by atoms with Gasteiger partial charge in [0, 0.05) is 31.2 Å². The smallest absolute Gasteiger partial charge is 0.318 e. The second-order valence-electron chi connectivity index (χ2n) is 7.22. The molecule has 0 fully saturated rings. The summed E-state index contributed by atoms with van der Waals surface area (Å²) in [5.74, 6) is 1.49. The zero-order valence-electron chi connectivity index (χ0n) is 17.2. The maximum atomic E-state index is 12.9. The van der Waals surface area contributed by atoms with E-state index < -0.39 is 0 Å². The van der Waals surface area contributed by atoms with Gasteiger partial charge in [0.2, 0.25) is 0 Å². The highest BCUT2D eigenvalue weighted by atomic mass is 16.6. The minimum Gasteiger partial charge on any atom is -0.486 e. The van der Waals surface area contributed by atoms with Crippen molar-refractivity contribution in [3.05, 3.63) is 72.3 Å². The lowest BCUT2D eigenvalue weighted by atomic mass is 10.1. The van der Waals surface area contributed by atoms with Crippen LogP contribution in [0.1, 0.15) is 31.0 Å². The van der Waals surface area contributed by atoms with E-state index in [1.165, 1.54) is 0 Å². The van der Waals surface area contributed by atoms with E-state index in [1.807, 2.05) is 67.1 Å². The first-order valence-electron chi connectivity index (χ1n) is 10.2. The zero-order valence-corrected chi connectivity index (χ0v) is 17.2. The Balaban J connectivity index is 1.39.